The fourth-order valence-electron chi connectivity index (χ4n) is 2.18. The lowest BCUT2D eigenvalue weighted by Gasteiger charge is -2.14. The number of aromatic nitrogens is 2. The molecule has 0 aliphatic rings. The van der Waals surface area contributed by atoms with Crippen LogP contribution in [0.3, 0.4) is 0 Å². The zero-order valence-electron chi connectivity index (χ0n) is 12.8. The largest absolute Gasteiger partial charge is 0.310 e. The molecule has 4 heteroatoms. The first-order chi connectivity index (χ1) is 9.41. The van der Waals surface area contributed by atoms with E-state index in [4.69, 9.17) is 0 Å². The molecule has 0 aliphatic carbocycles. The highest BCUT2D eigenvalue weighted by atomic mass is 19.1. The summed E-state index contributed by atoms with van der Waals surface area (Å²) in [5.41, 5.74) is 4.66. The average Bonchev–Trinajstić information content (AvgIpc) is 2.64. The molecule has 0 fully saturated rings. The van der Waals surface area contributed by atoms with Crippen molar-refractivity contribution >= 4 is 0 Å². The Hall–Kier alpha value is -1.68. The van der Waals surface area contributed by atoms with Gasteiger partial charge in [0.2, 0.25) is 0 Å². The van der Waals surface area contributed by atoms with Crippen LogP contribution >= 0.6 is 0 Å². The first kappa shape index (κ1) is 14.7. The molecule has 0 bridgehead atoms. The Labute approximate surface area is 119 Å². The third kappa shape index (κ3) is 2.75. The van der Waals surface area contributed by atoms with E-state index in [2.05, 4.69) is 10.4 Å². The molecule has 0 saturated heterocycles. The predicted molar refractivity (Wildman–Crippen MR) is 79.7 cm³/mol. The Kier molecular flexibility index (Phi) is 4.23. The van der Waals surface area contributed by atoms with Gasteiger partial charge in [-0.2, -0.15) is 5.10 Å². The average molecular weight is 275 g/mol. The molecule has 0 amide bonds. The van der Waals surface area contributed by atoms with Crippen LogP contribution in [0.15, 0.2) is 18.2 Å². The summed E-state index contributed by atoms with van der Waals surface area (Å²) in [6.45, 7) is 10.6. The Balaban J connectivity index is 2.50. The second-order valence-electron chi connectivity index (χ2n) is 5.48. The molecular weight excluding hydrogens is 253 g/mol. The maximum Gasteiger partial charge on any atom is 0.129 e. The summed E-state index contributed by atoms with van der Waals surface area (Å²) in [6, 6.07) is 5.46. The van der Waals surface area contributed by atoms with E-state index in [1.54, 1.807) is 6.07 Å². The molecule has 2 aromatic rings. The summed E-state index contributed by atoms with van der Waals surface area (Å²) in [7, 11) is 0. The lowest BCUT2D eigenvalue weighted by atomic mass is 10.1. The molecule has 20 heavy (non-hydrogen) atoms. The predicted octanol–water partition coefficient (Wildman–Crippen LogP) is 3.43. The quantitative estimate of drug-likeness (QED) is 0.926. The summed E-state index contributed by atoms with van der Waals surface area (Å²) in [5, 5.41) is 7.80. The van der Waals surface area contributed by atoms with Crippen LogP contribution in [0.2, 0.25) is 0 Å². The molecule has 2 rings (SSSR count). The minimum absolute atomic E-state index is 0.194. The van der Waals surface area contributed by atoms with Crippen LogP contribution in [0.4, 0.5) is 4.39 Å². The maximum absolute atomic E-state index is 14.1. The molecule has 0 radical (unpaired) electrons. The molecule has 3 nitrogen and oxygen atoms in total. The zero-order chi connectivity index (χ0) is 14.9. The Morgan fingerprint density at radius 2 is 1.95 bits per heavy atom. The molecule has 0 spiro atoms. The highest BCUT2D eigenvalue weighted by molar-refractivity contribution is 5.44. The molecule has 1 aromatic heterocycles. The number of halogens is 1. The van der Waals surface area contributed by atoms with Crippen molar-refractivity contribution in [2.24, 2.45) is 0 Å². The first-order valence-corrected chi connectivity index (χ1v) is 6.95. The van der Waals surface area contributed by atoms with Crippen molar-refractivity contribution in [2.45, 2.75) is 47.2 Å². The van der Waals surface area contributed by atoms with Crippen LogP contribution in [0.25, 0.3) is 5.69 Å². The van der Waals surface area contributed by atoms with Crippen molar-refractivity contribution < 1.29 is 4.39 Å². The lowest BCUT2D eigenvalue weighted by Crippen LogP contribution is -2.23. The van der Waals surface area contributed by atoms with Crippen molar-refractivity contribution in [2.75, 3.05) is 0 Å². The van der Waals surface area contributed by atoms with Gasteiger partial charge in [-0.25, -0.2) is 9.07 Å². The van der Waals surface area contributed by atoms with E-state index in [0.717, 1.165) is 22.6 Å². The summed E-state index contributed by atoms with van der Waals surface area (Å²) < 4.78 is 16.0. The summed E-state index contributed by atoms with van der Waals surface area (Å²) in [4.78, 5) is 0. The van der Waals surface area contributed by atoms with E-state index in [1.165, 1.54) is 6.07 Å². The molecule has 1 heterocycles. The normalized spacial score (nSPS) is 11.3. The van der Waals surface area contributed by atoms with Crippen LogP contribution < -0.4 is 5.32 Å². The summed E-state index contributed by atoms with van der Waals surface area (Å²) >= 11 is 0. The van der Waals surface area contributed by atoms with Gasteiger partial charge >= 0.3 is 0 Å². The Morgan fingerprint density at radius 1 is 1.25 bits per heavy atom. The van der Waals surface area contributed by atoms with Crippen molar-refractivity contribution in [3.05, 3.63) is 46.5 Å². The van der Waals surface area contributed by atoms with Gasteiger partial charge in [-0.15, -0.1) is 0 Å². The van der Waals surface area contributed by atoms with Crippen LogP contribution in [0, 0.1) is 26.6 Å². The van der Waals surface area contributed by atoms with Crippen LogP contribution in [-0.2, 0) is 6.54 Å². The highest BCUT2D eigenvalue weighted by Crippen LogP contribution is 2.22. The Morgan fingerprint density at radius 3 is 2.50 bits per heavy atom. The second kappa shape index (κ2) is 5.75. The van der Waals surface area contributed by atoms with Crippen molar-refractivity contribution in [3.8, 4) is 5.69 Å². The lowest BCUT2D eigenvalue weighted by molar-refractivity contribution is 0.549. The fourth-order valence-corrected chi connectivity index (χ4v) is 2.18. The number of benzene rings is 1. The third-order valence-electron chi connectivity index (χ3n) is 3.66. The number of hydrogen-bond acceptors (Lipinski definition) is 2. The highest BCUT2D eigenvalue weighted by Gasteiger charge is 2.15. The maximum atomic E-state index is 14.1. The molecule has 1 N–H and O–H groups in total. The van der Waals surface area contributed by atoms with Gasteiger partial charge in [0, 0.05) is 23.8 Å². The topological polar surface area (TPSA) is 29.9 Å². The van der Waals surface area contributed by atoms with E-state index < -0.39 is 0 Å². The minimum Gasteiger partial charge on any atom is -0.310 e. The molecule has 0 unspecified atom stereocenters. The van der Waals surface area contributed by atoms with Crippen molar-refractivity contribution in [1.82, 2.24) is 15.1 Å². The summed E-state index contributed by atoms with van der Waals surface area (Å²) in [6.07, 6.45) is 0. The SMILES string of the molecule is Cc1nn(-c2cccc(F)c2CNC(C)C)c(C)c1C. The number of hydrogen-bond donors (Lipinski definition) is 1. The molecule has 1 aromatic carbocycles. The zero-order valence-corrected chi connectivity index (χ0v) is 12.8. The van der Waals surface area contributed by atoms with Crippen molar-refractivity contribution in [1.29, 1.82) is 0 Å². The molecule has 0 saturated carbocycles. The van der Waals surface area contributed by atoms with E-state index >= 15 is 0 Å². The van der Waals surface area contributed by atoms with Gasteiger partial charge in [0.15, 0.2) is 0 Å². The van der Waals surface area contributed by atoms with E-state index in [1.807, 2.05) is 45.4 Å². The van der Waals surface area contributed by atoms with E-state index in [9.17, 15) is 4.39 Å². The molecule has 0 aliphatic heterocycles. The van der Waals surface area contributed by atoms with E-state index in [0.29, 0.717) is 18.2 Å². The van der Waals surface area contributed by atoms with Gasteiger partial charge in [-0.1, -0.05) is 19.9 Å². The standard InChI is InChI=1S/C16H22FN3/c1-10(2)18-9-14-15(17)7-6-8-16(14)20-13(5)11(3)12(4)19-20/h6-8,10,18H,9H2,1-5H3. The van der Waals surface area contributed by atoms with Crippen LogP contribution in [0.5, 0.6) is 0 Å². The monoisotopic (exact) mass is 275 g/mol. The van der Waals surface area contributed by atoms with Gasteiger partial charge < -0.3 is 5.32 Å². The molecular formula is C16H22FN3. The van der Waals surface area contributed by atoms with Crippen molar-refractivity contribution in [3.63, 3.8) is 0 Å². The van der Waals surface area contributed by atoms with Gasteiger partial charge in [0.25, 0.3) is 0 Å². The van der Waals surface area contributed by atoms with Crippen LogP contribution in [-0.4, -0.2) is 15.8 Å². The number of aryl methyl sites for hydroxylation is 1. The number of nitrogens with one attached hydrogen (secondary N) is 1. The fraction of sp³-hybridized carbons (Fsp3) is 0.438. The van der Waals surface area contributed by atoms with E-state index in [-0.39, 0.29) is 5.82 Å². The van der Waals surface area contributed by atoms with Gasteiger partial charge in [0.05, 0.1) is 11.4 Å². The number of rotatable bonds is 4. The van der Waals surface area contributed by atoms with Crippen LogP contribution in [0.1, 0.15) is 36.4 Å². The van der Waals surface area contributed by atoms with Gasteiger partial charge in [0.1, 0.15) is 5.82 Å². The first-order valence-electron chi connectivity index (χ1n) is 6.95. The Bertz CT molecular complexity index is 614. The third-order valence-corrected chi connectivity index (χ3v) is 3.66. The smallest absolute Gasteiger partial charge is 0.129 e. The summed E-state index contributed by atoms with van der Waals surface area (Å²) in [5.74, 6) is -0.194. The van der Waals surface area contributed by atoms with Gasteiger partial charge in [-0.05, 0) is 38.5 Å². The van der Waals surface area contributed by atoms with Gasteiger partial charge in [-0.3, -0.25) is 0 Å². The molecule has 0 atom stereocenters. The minimum atomic E-state index is -0.194. The second-order valence-corrected chi connectivity index (χ2v) is 5.48. The molecule has 108 valence electrons. The number of nitrogens with zero attached hydrogens (tertiary/aromatic N) is 2.